The first-order chi connectivity index (χ1) is 10.7. The minimum Gasteiger partial charge on any atom is -0.494 e. The molecule has 1 aliphatic rings. The number of nitrogens with zero attached hydrogens (tertiary/aromatic N) is 1. The van der Waals surface area contributed by atoms with Crippen molar-refractivity contribution in [2.75, 3.05) is 26.5 Å². The number of carbonyl (C=O) groups is 1. The summed E-state index contributed by atoms with van der Waals surface area (Å²) in [5, 5.41) is 3.31. The van der Waals surface area contributed by atoms with Crippen molar-refractivity contribution < 1.29 is 17.9 Å². The molecule has 1 saturated heterocycles. The molecule has 1 unspecified atom stereocenters. The van der Waals surface area contributed by atoms with Crippen molar-refractivity contribution in [3.05, 3.63) is 27.7 Å². The molecule has 128 valence electrons. The molecule has 0 bridgehead atoms. The lowest BCUT2D eigenvalue weighted by Crippen LogP contribution is -2.49. The third-order valence-electron chi connectivity index (χ3n) is 3.65. The number of sulfonamides is 1. The van der Waals surface area contributed by atoms with Gasteiger partial charge in [-0.2, -0.15) is 0 Å². The van der Waals surface area contributed by atoms with E-state index in [9.17, 15) is 13.2 Å². The molecule has 1 amide bonds. The summed E-state index contributed by atoms with van der Waals surface area (Å²) in [7, 11) is -1.82. The van der Waals surface area contributed by atoms with Crippen molar-refractivity contribution in [1.82, 2.24) is 9.62 Å². The molecule has 1 fully saturated rings. The number of hydrogen-bond donors (Lipinski definition) is 1. The Morgan fingerprint density at radius 3 is 2.48 bits per heavy atom. The summed E-state index contributed by atoms with van der Waals surface area (Å²) >= 11 is 12.1. The first kappa shape index (κ1) is 18.3. The van der Waals surface area contributed by atoms with Gasteiger partial charge in [0.05, 0.1) is 23.4 Å². The maximum atomic E-state index is 12.3. The minimum atomic E-state index is -3.26. The number of piperidine rings is 1. The summed E-state index contributed by atoms with van der Waals surface area (Å²) < 4.78 is 29.6. The highest BCUT2D eigenvalue weighted by atomic mass is 35.5. The van der Waals surface area contributed by atoms with E-state index in [1.165, 1.54) is 29.8 Å². The van der Waals surface area contributed by atoms with E-state index in [2.05, 4.69) is 5.32 Å². The molecule has 0 aromatic heterocycles. The highest BCUT2D eigenvalue weighted by Gasteiger charge is 2.27. The molecule has 23 heavy (non-hydrogen) atoms. The monoisotopic (exact) mass is 380 g/mol. The Balaban J connectivity index is 2.10. The van der Waals surface area contributed by atoms with Gasteiger partial charge in [0.25, 0.3) is 5.91 Å². The van der Waals surface area contributed by atoms with Gasteiger partial charge in [-0.15, -0.1) is 0 Å². The molecule has 0 spiro atoms. The minimum absolute atomic E-state index is 0.242. The molecule has 1 heterocycles. The normalized spacial score (nSPS) is 19.4. The summed E-state index contributed by atoms with van der Waals surface area (Å²) in [4.78, 5) is 12.3. The second kappa shape index (κ2) is 7.25. The van der Waals surface area contributed by atoms with Crippen LogP contribution in [0.1, 0.15) is 23.2 Å². The largest absolute Gasteiger partial charge is 0.494 e. The van der Waals surface area contributed by atoms with E-state index in [4.69, 9.17) is 27.9 Å². The zero-order valence-corrected chi connectivity index (χ0v) is 15.1. The quantitative estimate of drug-likeness (QED) is 0.867. The SMILES string of the molecule is COc1c(Cl)cc(C(=O)NC2CCCN(S(C)(=O)=O)C2)cc1Cl. The number of rotatable bonds is 4. The summed E-state index contributed by atoms with van der Waals surface area (Å²) in [6.45, 7) is 0.744. The predicted molar refractivity (Wildman–Crippen MR) is 89.9 cm³/mol. The fourth-order valence-corrected chi connectivity index (χ4v) is 4.07. The summed E-state index contributed by atoms with van der Waals surface area (Å²) in [5.41, 5.74) is 0.303. The fourth-order valence-electron chi connectivity index (χ4n) is 2.52. The van der Waals surface area contributed by atoms with Gasteiger partial charge in [0, 0.05) is 24.7 Å². The van der Waals surface area contributed by atoms with E-state index in [1.807, 2.05) is 0 Å². The topological polar surface area (TPSA) is 75.7 Å². The summed E-state index contributed by atoms with van der Waals surface area (Å²) in [6.07, 6.45) is 2.58. The van der Waals surface area contributed by atoms with Crippen molar-refractivity contribution >= 4 is 39.1 Å². The molecule has 0 aliphatic carbocycles. The highest BCUT2D eigenvalue weighted by Crippen LogP contribution is 2.33. The van der Waals surface area contributed by atoms with Crippen molar-refractivity contribution in [1.29, 1.82) is 0 Å². The smallest absolute Gasteiger partial charge is 0.251 e. The van der Waals surface area contributed by atoms with E-state index >= 15 is 0 Å². The Bertz CT molecular complexity index is 686. The van der Waals surface area contributed by atoms with E-state index in [0.29, 0.717) is 24.3 Å². The van der Waals surface area contributed by atoms with Crippen molar-refractivity contribution in [3.63, 3.8) is 0 Å². The van der Waals surface area contributed by atoms with Crippen LogP contribution in [0.5, 0.6) is 5.75 Å². The van der Waals surface area contributed by atoms with Crippen LogP contribution in [0.4, 0.5) is 0 Å². The molecule has 1 N–H and O–H groups in total. The average Bonchev–Trinajstić information content (AvgIpc) is 2.46. The van der Waals surface area contributed by atoms with E-state index < -0.39 is 10.0 Å². The Labute approximate surface area is 145 Å². The van der Waals surface area contributed by atoms with Gasteiger partial charge >= 0.3 is 0 Å². The Hall–Kier alpha value is -1.02. The summed E-state index contributed by atoms with van der Waals surface area (Å²) in [5.74, 6) is -0.0393. The van der Waals surface area contributed by atoms with Gasteiger partial charge in [0.2, 0.25) is 10.0 Å². The molecular weight excluding hydrogens is 363 g/mol. The first-order valence-corrected chi connectivity index (χ1v) is 9.62. The van der Waals surface area contributed by atoms with Crippen LogP contribution < -0.4 is 10.1 Å². The molecule has 0 radical (unpaired) electrons. The number of methoxy groups -OCH3 is 1. The van der Waals surface area contributed by atoms with Crippen LogP contribution in [-0.2, 0) is 10.0 Å². The van der Waals surface area contributed by atoms with E-state index in [0.717, 1.165) is 6.42 Å². The van der Waals surface area contributed by atoms with Gasteiger partial charge < -0.3 is 10.1 Å². The van der Waals surface area contributed by atoms with Gasteiger partial charge in [-0.1, -0.05) is 23.2 Å². The number of carbonyl (C=O) groups excluding carboxylic acids is 1. The molecule has 2 rings (SSSR count). The van der Waals surface area contributed by atoms with Crippen LogP contribution >= 0.6 is 23.2 Å². The van der Waals surface area contributed by atoms with Crippen LogP contribution in [0, 0.1) is 0 Å². The van der Waals surface area contributed by atoms with Crippen LogP contribution in [0.15, 0.2) is 12.1 Å². The Kier molecular flexibility index (Phi) is 5.78. The van der Waals surface area contributed by atoms with Crippen molar-refractivity contribution in [2.24, 2.45) is 0 Å². The molecule has 1 atom stereocenters. The molecule has 9 heteroatoms. The van der Waals surface area contributed by atoms with Crippen molar-refractivity contribution in [3.8, 4) is 5.75 Å². The zero-order valence-electron chi connectivity index (χ0n) is 12.8. The average molecular weight is 381 g/mol. The van der Waals surface area contributed by atoms with Gasteiger partial charge in [-0.3, -0.25) is 4.79 Å². The second-order valence-electron chi connectivity index (χ2n) is 5.41. The number of halogens is 2. The lowest BCUT2D eigenvalue weighted by molar-refractivity contribution is 0.0921. The maximum Gasteiger partial charge on any atom is 0.251 e. The molecule has 0 saturated carbocycles. The number of hydrogen-bond acceptors (Lipinski definition) is 4. The van der Waals surface area contributed by atoms with Crippen LogP contribution in [-0.4, -0.2) is 51.1 Å². The van der Waals surface area contributed by atoms with E-state index in [-0.39, 0.29) is 28.5 Å². The number of ether oxygens (including phenoxy) is 1. The fraction of sp³-hybridized carbons (Fsp3) is 0.500. The van der Waals surface area contributed by atoms with Gasteiger partial charge in [0.15, 0.2) is 5.75 Å². The number of nitrogens with one attached hydrogen (secondary N) is 1. The molecular formula is C14H18Cl2N2O4S. The summed E-state index contributed by atoms with van der Waals surface area (Å²) in [6, 6.07) is 2.70. The lowest BCUT2D eigenvalue weighted by atomic mass is 10.1. The van der Waals surface area contributed by atoms with Crippen LogP contribution in [0.2, 0.25) is 10.0 Å². The van der Waals surface area contributed by atoms with Crippen molar-refractivity contribution in [2.45, 2.75) is 18.9 Å². The number of benzene rings is 1. The maximum absolute atomic E-state index is 12.3. The standard InChI is InChI=1S/C14H18Cl2N2O4S/c1-22-13-11(15)6-9(7-12(13)16)14(19)17-10-4-3-5-18(8-10)23(2,20)21/h6-7,10H,3-5,8H2,1-2H3,(H,17,19). The highest BCUT2D eigenvalue weighted by molar-refractivity contribution is 7.88. The lowest BCUT2D eigenvalue weighted by Gasteiger charge is -2.31. The molecule has 1 aromatic carbocycles. The van der Waals surface area contributed by atoms with Crippen LogP contribution in [0.3, 0.4) is 0 Å². The van der Waals surface area contributed by atoms with Gasteiger partial charge in [0.1, 0.15) is 0 Å². The third kappa shape index (κ3) is 4.50. The van der Waals surface area contributed by atoms with Crippen LogP contribution in [0.25, 0.3) is 0 Å². The zero-order chi connectivity index (χ0) is 17.2. The van der Waals surface area contributed by atoms with Gasteiger partial charge in [-0.25, -0.2) is 12.7 Å². The third-order valence-corrected chi connectivity index (χ3v) is 5.48. The van der Waals surface area contributed by atoms with Gasteiger partial charge in [-0.05, 0) is 25.0 Å². The molecule has 1 aliphatic heterocycles. The second-order valence-corrected chi connectivity index (χ2v) is 8.20. The number of amides is 1. The molecule has 1 aromatic rings. The molecule has 6 nitrogen and oxygen atoms in total. The Morgan fingerprint density at radius 1 is 1.35 bits per heavy atom. The first-order valence-electron chi connectivity index (χ1n) is 7.01. The Morgan fingerprint density at radius 2 is 1.96 bits per heavy atom. The van der Waals surface area contributed by atoms with E-state index in [1.54, 1.807) is 0 Å². The predicted octanol–water partition coefficient (Wildman–Crippen LogP) is 2.16.